The fourth-order valence-electron chi connectivity index (χ4n) is 2.49. The van der Waals surface area contributed by atoms with Crippen molar-refractivity contribution in [2.24, 2.45) is 0 Å². The summed E-state index contributed by atoms with van der Waals surface area (Å²) in [6.07, 6.45) is 0. The van der Waals surface area contributed by atoms with Crippen molar-refractivity contribution in [3.63, 3.8) is 0 Å². The van der Waals surface area contributed by atoms with Gasteiger partial charge in [-0.1, -0.05) is 0 Å². The maximum absolute atomic E-state index is 13.0. The van der Waals surface area contributed by atoms with Crippen molar-refractivity contribution in [2.45, 2.75) is 6.54 Å². The summed E-state index contributed by atoms with van der Waals surface area (Å²) in [7, 11) is 4.69. The van der Waals surface area contributed by atoms with Crippen molar-refractivity contribution in [1.29, 1.82) is 0 Å². The number of ether oxygens (including phenoxy) is 2. The molecule has 0 aliphatic rings. The number of hydrogen-bond donors (Lipinski definition) is 0. The predicted molar refractivity (Wildman–Crippen MR) is 95.0 cm³/mol. The predicted octanol–water partition coefficient (Wildman–Crippen LogP) is 3.17. The third-order valence-corrected chi connectivity index (χ3v) is 3.91. The number of hydrogen-bond acceptors (Lipinski definition) is 6. The molecule has 3 aromatic rings. The maximum atomic E-state index is 13.0. The van der Waals surface area contributed by atoms with E-state index in [1.165, 1.54) is 36.3 Å². The summed E-state index contributed by atoms with van der Waals surface area (Å²) in [6, 6.07) is 10.6. The molecule has 8 heteroatoms. The highest BCUT2D eigenvalue weighted by Gasteiger charge is 2.17. The van der Waals surface area contributed by atoms with Crippen molar-refractivity contribution in [3.8, 4) is 23.0 Å². The van der Waals surface area contributed by atoms with E-state index in [4.69, 9.17) is 13.9 Å². The van der Waals surface area contributed by atoms with Gasteiger partial charge in [0.2, 0.25) is 11.8 Å². The van der Waals surface area contributed by atoms with E-state index < -0.39 is 5.82 Å². The third kappa shape index (κ3) is 4.05. The Morgan fingerprint density at radius 1 is 1.07 bits per heavy atom. The first kappa shape index (κ1) is 18.4. The lowest BCUT2D eigenvalue weighted by atomic mass is 10.2. The van der Waals surface area contributed by atoms with Crippen molar-refractivity contribution >= 4 is 5.91 Å². The van der Waals surface area contributed by atoms with Crippen molar-refractivity contribution in [3.05, 3.63) is 59.7 Å². The average molecular weight is 371 g/mol. The van der Waals surface area contributed by atoms with Crippen LogP contribution in [0.1, 0.15) is 16.2 Å². The number of carbonyl (C=O) groups is 1. The van der Waals surface area contributed by atoms with Crippen LogP contribution in [-0.2, 0) is 6.54 Å². The van der Waals surface area contributed by atoms with Crippen molar-refractivity contribution < 1.29 is 23.1 Å². The van der Waals surface area contributed by atoms with E-state index in [0.29, 0.717) is 28.5 Å². The molecule has 1 amide bonds. The molecule has 0 spiro atoms. The Kier molecular flexibility index (Phi) is 5.35. The number of amides is 1. The van der Waals surface area contributed by atoms with Gasteiger partial charge in [-0.05, 0) is 42.5 Å². The van der Waals surface area contributed by atoms with Crippen LogP contribution in [0.3, 0.4) is 0 Å². The molecule has 0 saturated heterocycles. The molecule has 3 rings (SSSR count). The first-order valence-electron chi connectivity index (χ1n) is 8.07. The third-order valence-electron chi connectivity index (χ3n) is 3.91. The van der Waals surface area contributed by atoms with Crippen LogP contribution in [0.2, 0.25) is 0 Å². The Balaban J connectivity index is 1.74. The first-order valence-corrected chi connectivity index (χ1v) is 8.07. The number of aromatic nitrogens is 2. The zero-order chi connectivity index (χ0) is 19.4. The van der Waals surface area contributed by atoms with E-state index in [1.54, 1.807) is 32.4 Å². The smallest absolute Gasteiger partial charge is 0.254 e. The zero-order valence-corrected chi connectivity index (χ0v) is 15.1. The van der Waals surface area contributed by atoms with Gasteiger partial charge in [0.1, 0.15) is 5.82 Å². The van der Waals surface area contributed by atoms with Gasteiger partial charge in [0.05, 0.1) is 20.8 Å². The number of methoxy groups -OCH3 is 2. The second-order valence-corrected chi connectivity index (χ2v) is 5.74. The minimum absolute atomic E-state index is 0.122. The molecule has 0 bridgehead atoms. The van der Waals surface area contributed by atoms with Crippen LogP contribution in [0.5, 0.6) is 11.5 Å². The molecule has 1 heterocycles. The summed E-state index contributed by atoms with van der Waals surface area (Å²) in [5, 5.41) is 7.99. The fraction of sp³-hybridized carbons (Fsp3) is 0.211. The van der Waals surface area contributed by atoms with E-state index in [-0.39, 0.29) is 18.3 Å². The van der Waals surface area contributed by atoms with Crippen LogP contribution in [-0.4, -0.2) is 42.3 Å². The van der Waals surface area contributed by atoms with Crippen molar-refractivity contribution in [1.82, 2.24) is 15.1 Å². The van der Waals surface area contributed by atoms with Crippen LogP contribution in [0, 0.1) is 5.82 Å². The quantitative estimate of drug-likeness (QED) is 0.662. The van der Waals surface area contributed by atoms with Crippen molar-refractivity contribution in [2.75, 3.05) is 21.3 Å². The molecule has 0 fully saturated rings. The van der Waals surface area contributed by atoms with Crippen LogP contribution in [0.4, 0.5) is 4.39 Å². The molecular weight excluding hydrogens is 353 g/mol. The lowest BCUT2D eigenvalue weighted by molar-refractivity contribution is 0.0773. The van der Waals surface area contributed by atoms with E-state index in [2.05, 4.69) is 10.2 Å². The maximum Gasteiger partial charge on any atom is 0.254 e. The molecule has 0 saturated carbocycles. The highest BCUT2D eigenvalue weighted by atomic mass is 19.1. The molecular formula is C19H18FN3O4. The Morgan fingerprint density at radius 3 is 2.44 bits per heavy atom. The fourth-order valence-corrected chi connectivity index (χ4v) is 2.49. The highest BCUT2D eigenvalue weighted by molar-refractivity contribution is 5.93. The lowest BCUT2D eigenvalue weighted by Crippen LogP contribution is -2.26. The molecule has 1 aromatic heterocycles. The topological polar surface area (TPSA) is 77.7 Å². The van der Waals surface area contributed by atoms with Crippen LogP contribution < -0.4 is 9.47 Å². The summed E-state index contributed by atoms with van der Waals surface area (Å²) >= 11 is 0. The van der Waals surface area contributed by atoms with Crippen LogP contribution in [0.15, 0.2) is 46.9 Å². The van der Waals surface area contributed by atoms with Crippen LogP contribution in [0.25, 0.3) is 11.5 Å². The Labute approximate surface area is 155 Å². The molecule has 0 aliphatic heterocycles. The van der Waals surface area contributed by atoms with Gasteiger partial charge in [0.25, 0.3) is 5.91 Å². The molecule has 7 nitrogen and oxygen atoms in total. The monoisotopic (exact) mass is 371 g/mol. The molecule has 140 valence electrons. The molecule has 0 N–H and O–H groups in total. The van der Waals surface area contributed by atoms with Gasteiger partial charge in [-0.3, -0.25) is 4.79 Å². The van der Waals surface area contributed by atoms with Gasteiger partial charge in [-0.2, -0.15) is 0 Å². The van der Waals surface area contributed by atoms with E-state index in [9.17, 15) is 9.18 Å². The summed E-state index contributed by atoms with van der Waals surface area (Å²) in [5.41, 5.74) is 1.04. The SMILES string of the molecule is COc1ccc(-c2nnc(CN(C)C(=O)c3ccc(F)cc3)o2)cc1OC. The standard InChI is InChI=1S/C19H18FN3O4/c1-23(19(24)12-4-7-14(20)8-5-12)11-17-21-22-18(27-17)13-6-9-15(25-2)16(10-13)26-3/h4-10H,11H2,1-3H3. The Hall–Kier alpha value is -3.42. The van der Waals surface area contributed by atoms with Gasteiger partial charge in [-0.25, -0.2) is 4.39 Å². The highest BCUT2D eigenvalue weighted by Crippen LogP contribution is 2.31. The zero-order valence-electron chi connectivity index (χ0n) is 15.1. The van der Waals surface area contributed by atoms with Crippen LogP contribution >= 0.6 is 0 Å². The largest absolute Gasteiger partial charge is 0.493 e. The van der Waals surface area contributed by atoms with Gasteiger partial charge >= 0.3 is 0 Å². The second kappa shape index (κ2) is 7.86. The number of nitrogens with zero attached hydrogens (tertiary/aromatic N) is 3. The second-order valence-electron chi connectivity index (χ2n) is 5.74. The summed E-state index contributed by atoms with van der Waals surface area (Å²) < 4.78 is 29.1. The molecule has 2 aromatic carbocycles. The van der Waals surface area contributed by atoms with Gasteiger partial charge < -0.3 is 18.8 Å². The number of rotatable bonds is 6. The summed E-state index contributed by atoms with van der Waals surface area (Å²) in [6.45, 7) is 0.122. The van der Waals surface area contributed by atoms with E-state index in [1.807, 2.05) is 0 Å². The average Bonchev–Trinajstić information content (AvgIpc) is 3.15. The Bertz CT molecular complexity index is 940. The molecule has 0 aliphatic carbocycles. The normalized spacial score (nSPS) is 10.5. The Morgan fingerprint density at radius 2 is 1.78 bits per heavy atom. The number of halogens is 1. The molecule has 0 radical (unpaired) electrons. The lowest BCUT2D eigenvalue weighted by Gasteiger charge is -2.14. The summed E-state index contributed by atoms with van der Waals surface area (Å²) in [5.74, 6) is 1.03. The van der Waals surface area contributed by atoms with Gasteiger partial charge in [0, 0.05) is 18.2 Å². The molecule has 27 heavy (non-hydrogen) atoms. The minimum Gasteiger partial charge on any atom is -0.493 e. The summed E-state index contributed by atoms with van der Waals surface area (Å²) in [4.78, 5) is 13.8. The number of benzene rings is 2. The first-order chi connectivity index (χ1) is 13.0. The molecule has 0 unspecified atom stereocenters. The van der Waals surface area contributed by atoms with E-state index in [0.717, 1.165) is 0 Å². The minimum atomic E-state index is -0.398. The molecule has 0 atom stereocenters. The van der Waals surface area contributed by atoms with Gasteiger partial charge in [0.15, 0.2) is 11.5 Å². The van der Waals surface area contributed by atoms with E-state index >= 15 is 0 Å². The van der Waals surface area contributed by atoms with Gasteiger partial charge in [-0.15, -0.1) is 10.2 Å². The number of carbonyl (C=O) groups excluding carboxylic acids is 1.